The molecule has 0 atom stereocenters. The first-order valence-electron chi connectivity index (χ1n) is 10.6. The third kappa shape index (κ3) is 6.85. The van der Waals surface area contributed by atoms with Gasteiger partial charge in [-0.3, -0.25) is 4.79 Å². The van der Waals surface area contributed by atoms with Crippen LogP contribution in [0.1, 0.15) is 40.2 Å². The first-order valence-corrected chi connectivity index (χ1v) is 16.2. The molecule has 6 heteroatoms. The number of carboxylic acid groups (broad SMARTS) is 1. The predicted octanol–water partition coefficient (Wildman–Crippen LogP) is 5.87. The number of benzene rings is 2. The van der Waals surface area contributed by atoms with E-state index in [0.717, 1.165) is 6.92 Å². The molecule has 0 aliphatic carbocycles. The molecule has 0 saturated carbocycles. The summed E-state index contributed by atoms with van der Waals surface area (Å²) in [6, 6.07) is 23.9. The van der Waals surface area contributed by atoms with Gasteiger partial charge in [-0.1, -0.05) is 0 Å². The van der Waals surface area contributed by atoms with Gasteiger partial charge in [0, 0.05) is 6.92 Å². The molecule has 0 saturated heterocycles. The van der Waals surface area contributed by atoms with Crippen molar-refractivity contribution in [3.63, 3.8) is 0 Å². The fourth-order valence-corrected chi connectivity index (χ4v) is 15.7. The molecule has 0 aliphatic heterocycles. The number of aliphatic carboxylic acids is 1. The molecule has 3 nitrogen and oxygen atoms in total. The standard InChI is InChI=1S/C23H27OSSi.C2H4O2.Hg/c1-18(2)26(19(3)4,24-17-20-11-7-5-8-12-20)23-22(15-16-25-23)21-13-9-6-10-14-21;1-2(3)4;/h5-15,18-19H,17H2,1-4H3;1H3,(H,3,4);. The summed E-state index contributed by atoms with van der Waals surface area (Å²) < 4.78 is 10.1. The van der Waals surface area contributed by atoms with E-state index in [9.17, 15) is 0 Å². The van der Waals surface area contributed by atoms with Gasteiger partial charge in [-0.2, -0.15) is 0 Å². The second kappa shape index (κ2) is 12.1. The van der Waals surface area contributed by atoms with Crippen LogP contribution in [0.5, 0.6) is 0 Å². The monoisotopic (exact) mass is 641 g/mol. The van der Waals surface area contributed by atoms with Crippen LogP contribution in [0.4, 0.5) is 0 Å². The first kappa shape index (κ1) is 26.0. The maximum atomic E-state index is 9.00. The number of hydrogen-bond donors (Lipinski definition) is 1. The van der Waals surface area contributed by atoms with Gasteiger partial charge in [-0.15, -0.1) is 0 Å². The van der Waals surface area contributed by atoms with Crippen LogP contribution in [0.15, 0.2) is 66.7 Å². The van der Waals surface area contributed by atoms with E-state index < -0.39 is 14.3 Å². The Bertz CT molecular complexity index is 943. The van der Waals surface area contributed by atoms with Crippen molar-refractivity contribution in [1.29, 1.82) is 0 Å². The summed E-state index contributed by atoms with van der Waals surface area (Å²) in [7, 11) is -2.17. The van der Waals surface area contributed by atoms with Crippen LogP contribution in [0.3, 0.4) is 0 Å². The zero-order chi connectivity index (χ0) is 23.0. The average molecular weight is 640 g/mol. The summed E-state index contributed by atoms with van der Waals surface area (Å²) in [6.45, 7) is 11.2. The Labute approximate surface area is 207 Å². The van der Waals surface area contributed by atoms with E-state index in [1.54, 1.807) is 6.89 Å². The molecule has 3 aromatic rings. The van der Waals surface area contributed by atoms with Crippen LogP contribution >= 0.6 is 11.3 Å². The normalized spacial score (nSPS) is 11.4. The Morgan fingerprint density at radius 2 is 1.48 bits per heavy atom. The molecule has 2 aromatic carbocycles. The van der Waals surface area contributed by atoms with Gasteiger partial charge in [0.25, 0.3) is 5.97 Å². The van der Waals surface area contributed by atoms with Crippen LogP contribution in [-0.4, -0.2) is 19.4 Å². The van der Waals surface area contributed by atoms with Gasteiger partial charge in [0.2, 0.25) is 0 Å². The van der Waals surface area contributed by atoms with Crippen molar-refractivity contribution < 1.29 is 40.4 Å². The second-order valence-corrected chi connectivity index (χ2v) is 19.4. The summed E-state index contributed by atoms with van der Waals surface area (Å²) in [5, 5.41) is 7.42. The number of carbonyl (C=O) groups is 1. The maximum absolute atomic E-state index is 9.00. The minimum absolute atomic E-state index is 0.523. The Morgan fingerprint density at radius 1 is 1.00 bits per heavy atom. The third-order valence-electron chi connectivity index (χ3n) is 5.26. The van der Waals surface area contributed by atoms with Crippen molar-refractivity contribution in [1.82, 2.24) is 0 Å². The van der Waals surface area contributed by atoms with E-state index in [2.05, 4.69) is 94.4 Å². The minimum atomic E-state index is -2.17. The Balaban J connectivity index is 0.000000785. The van der Waals surface area contributed by atoms with Crippen LogP contribution < -0.4 is 6.89 Å². The molecule has 0 aliphatic rings. The Kier molecular flexibility index (Phi) is 10.1. The van der Waals surface area contributed by atoms with Crippen molar-refractivity contribution in [3.8, 4) is 11.1 Å². The zero-order valence-corrected chi connectivity index (χ0v) is 26.4. The fraction of sp³-hybridized carbons (Fsp3) is 0.320. The predicted molar refractivity (Wildman–Crippen MR) is 130 cm³/mol. The number of carboxylic acids is 1. The Morgan fingerprint density at radius 3 is 1.97 bits per heavy atom. The molecule has 0 amide bonds. The SMILES string of the molecule is CC(=O)O.CC(C)[Si](OCc1ccccc1)(c1s[c]([Hg])cc1-c1ccccc1)C(C)C. The van der Waals surface area contributed by atoms with Crippen molar-refractivity contribution in [2.24, 2.45) is 0 Å². The van der Waals surface area contributed by atoms with Crippen LogP contribution in [0, 0.1) is 0 Å². The fourth-order valence-electron chi connectivity index (χ4n) is 3.93. The topological polar surface area (TPSA) is 46.5 Å². The summed E-state index contributed by atoms with van der Waals surface area (Å²) in [4.78, 5) is 9.00. The van der Waals surface area contributed by atoms with E-state index >= 15 is 0 Å². The van der Waals surface area contributed by atoms with Gasteiger partial charge in [0.05, 0.1) is 0 Å². The molecule has 0 radical (unpaired) electrons. The molecule has 0 fully saturated rings. The molecular weight excluding hydrogens is 609 g/mol. The van der Waals surface area contributed by atoms with Gasteiger partial charge in [0.1, 0.15) is 0 Å². The van der Waals surface area contributed by atoms with Crippen LogP contribution in [0.2, 0.25) is 11.1 Å². The van der Waals surface area contributed by atoms with Crippen LogP contribution in [-0.2, 0) is 41.9 Å². The molecule has 31 heavy (non-hydrogen) atoms. The molecule has 1 N–H and O–H groups in total. The van der Waals surface area contributed by atoms with Gasteiger partial charge < -0.3 is 5.11 Å². The van der Waals surface area contributed by atoms with Crippen molar-refractivity contribution >= 4 is 32.5 Å². The van der Waals surface area contributed by atoms with Gasteiger partial charge in [0.15, 0.2) is 0 Å². The average Bonchev–Trinajstić information content (AvgIpc) is 3.11. The first-order chi connectivity index (χ1) is 14.7. The van der Waals surface area contributed by atoms with E-state index in [1.807, 2.05) is 11.3 Å². The molecule has 3 rings (SSSR count). The molecule has 0 unspecified atom stereocenters. The zero-order valence-electron chi connectivity index (χ0n) is 19.1. The van der Waals surface area contributed by atoms with E-state index in [1.165, 1.54) is 16.7 Å². The van der Waals surface area contributed by atoms with E-state index in [4.69, 9.17) is 14.3 Å². The molecule has 1 aromatic heterocycles. The van der Waals surface area contributed by atoms with Crippen molar-refractivity contribution in [3.05, 3.63) is 72.3 Å². The molecule has 1 heterocycles. The molecule has 161 valence electrons. The number of rotatable bonds is 7. The quantitative estimate of drug-likeness (QED) is 0.329. The van der Waals surface area contributed by atoms with Gasteiger partial charge in [-0.05, 0) is 0 Å². The van der Waals surface area contributed by atoms with Crippen molar-refractivity contribution in [2.75, 3.05) is 0 Å². The summed E-state index contributed by atoms with van der Waals surface area (Å²) >= 11 is 2.66. The Hall–Kier alpha value is -1.28. The third-order valence-corrected chi connectivity index (χ3v) is 14.8. The number of thiophene rings is 1. The summed E-state index contributed by atoms with van der Waals surface area (Å²) in [5.74, 6) is -0.833. The van der Waals surface area contributed by atoms with Gasteiger partial charge >= 0.3 is 186 Å². The number of hydrogen-bond acceptors (Lipinski definition) is 3. The summed E-state index contributed by atoms with van der Waals surface area (Å²) in [5.41, 5.74) is 5.07. The molecule has 0 spiro atoms. The van der Waals surface area contributed by atoms with E-state index in [-0.39, 0.29) is 0 Å². The summed E-state index contributed by atoms with van der Waals surface area (Å²) in [6.07, 6.45) is 0. The van der Waals surface area contributed by atoms with Crippen molar-refractivity contribution in [2.45, 2.75) is 52.3 Å². The van der Waals surface area contributed by atoms with E-state index in [0.29, 0.717) is 43.8 Å². The second-order valence-electron chi connectivity index (χ2n) is 8.22. The molecular formula is C25H31HgO3SSi. The van der Waals surface area contributed by atoms with Gasteiger partial charge in [-0.25, -0.2) is 0 Å². The molecule has 0 bridgehead atoms. The van der Waals surface area contributed by atoms with Crippen LogP contribution in [0.25, 0.3) is 11.1 Å².